The molecule has 0 aliphatic heterocycles. The van der Waals surface area contributed by atoms with Gasteiger partial charge < -0.3 is 4.74 Å². The molecule has 2 nitrogen and oxygen atoms in total. The molecule has 0 N–H and O–H groups in total. The van der Waals surface area contributed by atoms with E-state index in [4.69, 9.17) is 0 Å². The van der Waals surface area contributed by atoms with Crippen LogP contribution in [0.25, 0.3) is 5.57 Å². The second-order valence-electron chi connectivity index (χ2n) is 4.26. The summed E-state index contributed by atoms with van der Waals surface area (Å²) in [6.45, 7) is 2.06. The third kappa shape index (κ3) is 2.51. The summed E-state index contributed by atoms with van der Waals surface area (Å²) in [6, 6.07) is 8.29. The summed E-state index contributed by atoms with van der Waals surface area (Å²) in [7, 11) is 1.42. The average Bonchev–Trinajstić information content (AvgIpc) is 3.11. The number of benzene rings is 1. The molecule has 0 heterocycles. The zero-order valence-electron chi connectivity index (χ0n) is 9.69. The Morgan fingerprint density at radius 2 is 1.94 bits per heavy atom. The number of carbonyl (C=O) groups is 1. The van der Waals surface area contributed by atoms with Crippen molar-refractivity contribution in [3.05, 3.63) is 41.5 Å². The standard InChI is InChI=1S/C14H16O2/c1-10-3-5-11(6-4-10)13(12-7-8-12)9-14(15)16-2/h3-6,9,12H,7-8H2,1-2H3/b13-9-. The lowest BCUT2D eigenvalue weighted by atomic mass is 10.00. The van der Waals surface area contributed by atoms with E-state index in [-0.39, 0.29) is 5.97 Å². The van der Waals surface area contributed by atoms with Crippen molar-refractivity contribution >= 4 is 11.5 Å². The first-order chi connectivity index (χ1) is 7.70. The molecule has 0 bridgehead atoms. The first-order valence-corrected chi connectivity index (χ1v) is 5.57. The van der Waals surface area contributed by atoms with Crippen LogP contribution in [-0.4, -0.2) is 13.1 Å². The lowest BCUT2D eigenvalue weighted by molar-refractivity contribution is -0.134. The molecule has 0 atom stereocenters. The summed E-state index contributed by atoms with van der Waals surface area (Å²) in [5.74, 6) is 0.282. The van der Waals surface area contributed by atoms with Crippen molar-refractivity contribution in [1.29, 1.82) is 0 Å². The number of allylic oxidation sites excluding steroid dienone is 1. The first kappa shape index (κ1) is 10.9. The lowest BCUT2D eigenvalue weighted by Crippen LogP contribution is -1.98. The van der Waals surface area contributed by atoms with E-state index in [1.54, 1.807) is 6.08 Å². The molecule has 1 aromatic rings. The number of hydrogen-bond donors (Lipinski definition) is 0. The molecule has 1 saturated carbocycles. The van der Waals surface area contributed by atoms with Crippen molar-refractivity contribution in [2.75, 3.05) is 7.11 Å². The molecule has 16 heavy (non-hydrogen) atoms. The molecule has 2 rings (SSSR count). The van der Waals surface area contributed by atoms with Gasteiger partial charge in [0.05, 0.1) is 7.11 Å². The van der Waals surface area contributed by atoms with Crippen molar-refractivity contribution in [2.24, 2.45) is 5.92 Å². The summed E-state index contributed by atoms with van der Waals surface area (Å²) in [5, 5.41) is 0. The monoisotopic (exact) mass is 216 g/mol. The number of methoxy groups -OCH3 is 1. The topological polar surface area (TPSA) is 26.3 Å². The summed E-state index contributed by atoms with van der Waals surface area (Å²) < 4.78 is 4.69. The van der Waals surface area contributed by atoms with Crippen LogP contribution in [0.1, 0.15) is 24.0 Å². The first-order valence-electron chi connectivity index (χ1n) is 5.57. The van der Waals surface area contributed by atoms with Crippen LogP contribution in [0.2, 0.25) is 0 Å². The summed E-state index contributed by atoms with van der Waals surface area (Å²) >= 11 is 0. The maximum atomic E-state index is 11.3. The van der Waals surface area contributed by atoms with Gasteiger partial charge in [-0.2, -0.15) is 0 Å². The van der Waals surface area contributed by atoms with Gasteiger partial charge in [0, 0.05) is 6.08 Å². The van der Waals surface area contributed by atoms with Crippen LogP contribution in [0.5, 0.6) is 0 Å². The van der Waals surface area contributed by atoms with Gasteiger partial charge in [0.25, 0.3) is 0 Å². The van der Waals surface area contributed by atoms with Gasteiger partial charge in [-0.15, -0.1) is 0 Å². The highest BCUT2D eigenvalue weighted by Gasteiger charge is 2.27. The molecule has 0 radical (unpaired) electrons. The van der Waals surface area contributed by atoms with Crippen LogP contribution in [0.15, 0.2) is 30.3 Å². The molecular weight excluding hydrogens is 200 g/mol. The molecule has 84 valence electrons. The fraction of sp³-hybridized carbons (Fsp3) is 0.357. The maximum absolute atomic E-state index is 11.3. The van der Waals surface area contributed by atoms with Crippen molar-refractivity contribution in [1.82, 2.24) is 0 Å². The Hall–Kier alpha value is -1.57. The highest BCUT2D eigenvalue weighted by molar-refractivity contribution is 5.92. The largest absolute Gasteiger partial charge is 0.466 e. The van der Waals surface area contributed by atoms with Gasteiger partial charge in [-0.3, -0.25) is 0 Å². The van der Waals surface area contributed by atoms with Gasteiger partial charge in [0.15, 0.2) is 0 Å². The molecule has 0 aromatic heterocycles. The molecule has 0 saturated heterocycles. The minimum absolute atomic E-state index is 0.262. The highest BCUT2D eigenvalue weighted by atomic mass is 16.5. The van der Waals surface area contributed by atoms with Crippen molar-refractivity contribution in [3.8, 4) is 0 Å². The van der Waals surface area contributed by atoms with Crippen molar-refractivity contribution in [2.45, 2.75) is 19.8 Å². The van der Waals surface area contributed by atoms with Crippen molar-refractivity contribution < 1.29 is 9.53 Å². The molecule has 1 aliphatic rings. The molecule has 1 fully saturated rings. The highest BCUT2D eigenvalue weighted by Crippen LogP contribution is 2.41. The van der Waals surface area contributed by atoms with Gasteiger partial charge in [0.2, 0.25) is 0 Å². The van der Waals surface area contributed by atoms with E-state index in [1.807, 2.05) is 0 Å². The van der Waals surface area contributed by atoms with Crippen LogP contribution < -0.4 is 0 Å². The van der Waals surface area contributed by atoms with E-state index >= 15 is 0 Å². The Kier molecular flexibility index (Phi) is 3.09. The van der Waals surface area contributed by atoms with Gasteiger partial charge in [0.1, 0.15) is 0 Å². The molecule has 0 unspecified atom stereocenters. The van der Waals surface area contributed by atoms with E-state index in [1.165, 1.54) is 25.5 Å². The Bertz CT molecular complexity index is 411. The van der Waals surface area contributed by atoms with Gasteiger partial charge >= 0.3 is 5.97 Å². The Labute approximate surface area is 95.9 Å². The summed E-state index contributed by atoms with van der Waals surface area (Å²) in [5.41, 5.74) is 3.49. The van der Waals surface area contributed by atoms with Gasteiger partial charge in [-0.25, -0.2) is 4.79 Å². The smallest absolute Gasteiger partial charge is 0.330 e. The maximum Gasteiger partial charge on any atom is 0.330 e. The molecule has 1 aliphatic carbocycles. The Morgan fingerprint density at radius 3 is 2.44 bits per heavy atom. The van der Waals surface area contributed by atoms with Crippen LogP contribution in [0, 0.1) is 12.8 Å². The number of ether oxygens (including phenoxy) is 1. The fourth-order valence-corrected chi connectivity index (χ4v) is 1.76. The normalized spacial score (nSPS) is 16.0. The fourth-order valence-electron chi connectivity index (χ4n) is 1.76. The molecule has 0 spiro atoms. The molecular formula is C14H16O2. The number of esters is 1. The number of carbonyl (C=O) groups excluding carboxylic acids is 1. The van der Waals surface area contributed by atoms with Crippen molar-refractivity contribution in [3.63, 3.8) is 0 Å². The Morgan fingerprint density at radius 1 is 1.31 bits per heavy atom. The van der Waals surface area contributed by atoms with E-state index in [2.05, 4.69) is 35.9 Å². The number of rotatable bonds is 3. The van der Waals surface area contributed by atoms with Gasteiger partial charge in [-0.05, 0) is 36.8 Å². The molecule has 1 aromatic carbocycles. The van der Waals surface area contributed by atoms with E-state index < -0.39 is 0 Å². The van der Waals surface area contributed by atoms with Crippen LogP contribution in [0.3, 0.4) is 0 Å². The van der Waals surface area contributed by atoms with E-state index in [0.29, 0.717) is 5.92 Å². The lowest BCUT2D eigenvalue weighted by Gasteiger charge is -2.06. The van der Waals surface area contributed by atoms with Crippen LogP contribution in [0.4, 0.5) is 0 Å². The predicted octanol–water partition coefficient (Wildman–Crippen LogP) is 2.96. The zero-order chi connectivity index (χ0) is 11.5. The average molecular weight is 216 g/mol. The summed E-state index contributed by atoms with van der Waals surface area (Å²) in [6.07, 6.45) is 3.98. The van der Waals surface area contributed by atoms with Crippen LogP contribution >= 0.6 is 0 Å². The Balaban J connectivity index is 2.29. The molecule has 2 heteroatoms. The second kappa shape index (κ2) is 4.52. The quantitative estimate of drug-likeness (QED) is 0.573. The SMILES string of the molecule is COC(=O)/C=C(/c1ccc(C)cc1)C1CC1. The zero-order valence-corrected chi connectivity index (χ0v) is 9.69. The minimum atomic E-state index is -0.262. The number of aryl methyl sites for hydroxylation is 1. The van der Waals surface area contributed by atoms with Gasteiger partial charge in [-0.1, -0.05) is 29.8 Å². The van der Waals surface area contributed by atoms with E-state index in [9.17, 15) is 4.79 Å². The predicted molar refractivity (Wildman–Crippen MR) is 63.9 cm³/mol. The third-order valence-electron chi connectivity index (χ3n) is 2.88. The third-order valence-corrected chi connectivity index (χ3v) is 2.88. The number of hydrogen-bond acceptors (Lipinski definition) is 2. The summed E-state index contributed by atoms with van der Waals surface area (Å²) in [4.78, 5) is 11.3. The minimum Gasteiger partial charge on any atom is -0.466 e. The second-order valence-corrected chi connectivity index (χ2v) is 4.26. The molecule has 0 amide bonds. The van der Waals surface area contributed by atoms with E-state index in [0.717, 1.165) is 11.1 Å². The van der Waals surface area contributed by atoms with Crippen LogP contribution in [-0.2, 0) is 9.53 Å².